The second kappa shape index (κ2) is 7.66. The largest absolute Gasteiger partial charge is 0.497 e. The lowest BCUT2D eigenvalue weighted by Gasteiger charge is -2.22. The molecule has 22 heavy (non-hydrogen) atoms. The molecule has 0 bridgehead atoms. The van der Waals surface area contributed by atoms with E-state index in [0.29, 0.717) is 13.1 Å². The molecule has 1 amide bonds. The number of carbonyl (C=O) groups excluding carboxylic acids is 1. The standard InChI is InChI=1S/C17H22N2O3/c1-13(19(2)12-16-5-4-10-22-16)17(20)18-11-14-6-8-15(21-3)9-7-14/h4-10,13H,11-12H2,1-3H3,(H,18,20)/t13-/m0/s1. The van der Waals surface area contributed by atoms with Gasteiger partial charge in [0.15, 0.2) is 0 Å². The van der Waals surface area contributed by atoms with Crippen molar-refractivity contribution in [1.29, 1.82) is 0 Å². The van der Waals surface area contributed by atoms with E-state index in [-0.39, 0.29) is 11.9 Å². The van der Waals surface area contributed by atoms with Gasteiger partial charge in [0.2, 0.25) is 5.91 Å². The lowest BCUT2D eigenvalue weighted by atomic mass is 10.2. The van der Waals surface area contributed by atoms with Crippen LogP contribution in [0, 0.1) is 0 Å². The third-order valence-corrected chi connectivity index (χ3v) is 3.65. The van der Waals surface area contributed by atoms with Crippen LogP contribution < -0.4 is 10.1 Å². The number of benzene rings is 1. The van der Waals surface area contributed by atoms with Crippen LogP contribution in [0.4, 0.5) is 0 Å². The molecule has 1 heterocycles. The number of nitrogens with one attached hydrogen (secondary N) is 1. The highest BCUT2D eigenvalue weighted by atomic mass is 16.5. The fraction of sp³-hybridized carbons (Fsp3) is 0.353. The first kappa shape index (κ1) is 16.1. The van der Waals surface area contributed by atoms with Crippen LogP contribution in [-0.4, -0.2) is 31.0 Å². The molecule has 1 atom stereocenters. The SMILES string of the molecule is COc1ccc(CNC(=O)[C@H](C)N(C)Cc2ccco2)cc1. The van der Waals surface area contributed by atoms with Gasteiger partial charge in [0.05, 0.1) is 26.0 Å². The number of ether oxygens (including phenoxy) is 1. The molecular formula is C17H22N2O3. The van der Waals surface area contributed by atoms with E-state index >= 15 is 0 Å². The Kier molecular flexibility index (Phi) is 5.61. The molecule has 0 fully saturated rings. The smallest absolute Gasteiger partial charge is 0.237 e. The van der Waals surface area contributed by atoms with Crippen LogP contribution in [0.2, 0.25) is 0 Å². The fourth-order valence-corrected chi connectivity index (χ4v) is 2.07. The maximum atomic E-state index is 12.2. The van der Waals surface area contributed by atoms with Gasteiger partial charge in [-0.2, -0.15) is 0 Å². The molecule has 0 aliphatic carbocycles. The summed E-state index contributed by atoms with van der Waals surface area (Å²) in [6.07, 6.45) is 1.64. The van der Waals surface area contributed by atoms with Crippen molar-refractivity contribution in [2.75, 3.05) is 14.2 Å². The molecule has 118 valence electrons. The monoisotopic (exact) mass is 302 g/mol. The highest BCUT2D eigenvalue weighted by molar-refractivity contribution is 5.81. The first-order valence-electron chi connectivity index (χ1n) is 7.23. The van der Waals surface area contributed by atoms with Gasteiger partial charge in [-0.1, -0.05) is 12.1 Å². The van der Waals surface area contributed by atoms with E-state index in [1.54, 1.807) is 13.4 Å². The maximum absolute atomic E-state index is 12.2. The molecule has 0 saturated heterocycles. The second-order valence-electron chi connectivity index (χ2n) is 5.24. The Labute approximate surface area is 130 Å². The molecule has 1 aromatic heterocycles. The number of rotatable bonds is 7. The number of amides is 1. The number of likely N-dealkylation sites (N-methyl/N-ethyl adjacent to an activating group) is 1. The molecule has 0 saturated carbocycles. The first-order chi connectivity index (χ1) is 10.6. The van der Waals surface area contributed by atoms with Crippen molar-refractivity contribution in [1.82, 2.24) is 10.2 Å². The average Bonchev–Trinajstić information content (AvgIpc) is 3.05. The van der Waals surface area contributed by atoms with E-state index in [9.17, 15) is 4.79 Å². The Balaban J connectivity index is 1.82. The van der Waals surface area contributed by atoms with Gasteiger partial charge in [0, 0.05) is 6.54 Å². The predicted molar refractivity (Wildman–Crippen MR) is 84.5 cm³/mol. The van der Waals surface area contributed by atoms with Crippen LogP contribution in [0.5, 0.6) is 5.75 Å². The Morgan fingerprint density at radius 2 is 2.05 bits per heavy atom. The summed E-state index contributed by atoms with van der Waals surface area (Å²) in [6.45, 7) is 2.98. The predicted octanol–water partition coefficient (Wildman–Crippen LogP) is 2.42. The van der Waals surface area contributed by atoms with Crippen molar-refractivity contribution >= 4 is 5.91 Å². The van der Waals surface area contributed by atoms with E-state index in [1.807, 2.05) is 55.3 Å². The zero-order valence-corrected chi connectivity index (χ0v) is 13.2. The summed E-state index contributed by atoms with van der Waals surface area (Å²) < 4.78 is 10.4. The van der Waals surface area contributed by atoms with Crippen molar-refractivity contribution in [2.45, 2.75) is 26.1 Å². The number of furan rings is 1. The van der Waals surface area contributed by atoms with Crippen molar-refractivity contribution < 1.29 is 13.9 Å². The number of methoxy groups -OCH3 is 1. The summed E-state index contributed by atoms with van der Waals surface area (Å²) in [6, 6.07) is 11.2. The molecule has 2 aromatic rings. The molecule has 0 aliphatic heterocycles. The summed E-state index contributed by atoms with van der Waals surface area (Å²) in [7, 11) is 3.54. The third-order valence-electron chi connectivity index (χ3n) is 3.65. The number of hydrogen-bond acceptors (Lipinski definition) is 4. The van der Waals surface area contributed by atoms with Crippen LogP contribution in [-0.2, 0) is 17.9 Å². The Bertz CT molecular complexity index is 578. The highest BCUT2D eigenvalue weighted by Gasteiger charge is 2.18. The molecule has 5 heteroatoms. The Hall–Kier alpha value is -2.27. The summed E-state index contributed by atoms with van der Waals surface area (Å²) >= 11 is 0. The van der Waals surface area contributed by atoms with Gasteiger partial charge in [-0.15, -0.1) is 0 Å². The van der Waals surface area contributed by atoms with E-state index in [4.69, 9.17) is 9.15 Å². The zero-order chi connectivity index (χ0) is 15.9. The van der Waals surface area contributed by atoms with Gasteiger partial charge >= 0.3 is 0 Å². The second-order valence-corrected chi connectivity index (χ2v) is 5.24. The molecule has 2 rings (SSSR count). The van der Waals surface area contributed by atoms with Gasteiger partial charge in [0.1, 0.15) is 11.5 Å². The van der Waals surface area contributed by atoms with Crippen molar-refractivity contribution in [2.24, 2.45) is 0 Å². The summed E-state index contributed by atoms with van der Waals surface area (Å²) in [5.74, 6) is 1.64. The lowest BCUT2D eigenvalue weighted by Crippen LogP contribution is -2.42. The van der Waals surface area contributed by atoms with E-state index in [2.05, 4.69) is 5.32 Å². The van der Waals surface area contributed by atoms with Crippen LogP contribution in [0.25, 0.3) is 0 Å². The highest BCUT2D eigenvalue weighted by Crippen LogP contribution is 2.11. The molecule has 1 N–H and O–H groups in total. The molecule has 1 aromatic carbocycles. The van der Waals surface area contributed by atoms with Gasteiger partial charge < -0.3 is 14.5 Å². The average molecular weight is 302 g/mol. The minimum absolute atomic E-state index is 0.00938. The molecule has 5 nitrogen and oxygen atoms in total. The van der Waals surface area contributed by atoms with Crippen LogP contribution in [0.3, 0.4) is 0 Å². The third kappa shape index (κ3) is 4.36. The Morgan fingerprint density at radius 1 is 1.32 bits per heavy atom. The summed E-state index contributed by atoms with van der Waals surface area (Å²) in [5, 5.41) is 2.94. The summed E-state index contributed by atoms with van der Waals surface area (Å²) in [5.41, 5.74) is 1.04. The Morgan fingerprint density at radius 3 is 2.64 bits per heavy atom. The van der Waals surface area contributed by atoms with Crippen LogP contribution in [0.1, 0.15) is 18.2 Å². The van der Waals surface area contributed by atoms with Gasteiger partial charge in [0.25, 0.3) is 0 Å². The topological polar surface area (TPSA) is 54.7 Å². The number of hydrogen-bond donors (Lipinski definition) is 1. The number of nitrogens with zero attached hydrogens (tertiary/aromatic N) is 1. The van der Waals surface area contributed by atoms with Crippen LogP contribution in [0.15, 0.2) is 47.1 Å². The molecule has 0 unspecified atom stereocenters. The lowest BCUT2D eigenvalue weighted by molar-refractivity contribution is -0.125. The first-order valence-corrected chi connectivity index (χ1v) is 7.23. The molecule has 0 radical (unpaired) electrons. The van der Waals surface area contributed by atoms with Crippen LogP contribution >= 0.6 is 0 Å². The van der Waals surface area contributed by atoms with E-state index in [0.717, 1.165) is 17.1 Å². The van der Waals surface area contributed by atoms with Gasteiger partial charge in [-0.25, -0.2) is 0 Å². The van der Waals surface area contributed by atoms with Crippen molar-refractivity contribution in [3.05, 3.63) is 54.0 Å². The maximum Gasteiger partial charge on any atom is 0.237 e. The van der Waals surface area contributed by atoms with E-state index < -0.39 is 0 Å². The van der Waals surface area contributed by atoms with Gasteiger partial charge in [-0.05, 0) is 43.8 Å². The fourth-order valence-electron chi connectivity index (χ4n) is 2.07. The van der Waals surface area contributed by atoms with Gasteiger partial charge in [-0.3, -0.25) is 9.69 Å². The molecule has 0 aliphatic rings. The minimum atomic E-state index is -0.233. The number of carbonyl (C=O) groups is 1. The quantitative estimate of drug-likeness (QED) is 0.853. The van der Waals surface area contributed by atoms with E-state index in [1.165, 1.54) is 0 Å². The molecule has 0 spiro atoms. The minimum Gasteiger partial charge on any atom is -0.497 e. The zero-order valence-electron chi connectivity index (χ0n) is 13.2. The van der Waals surface area contributed by atoms with Crippen molar-refractivity contribution in [3.63, 3.8) is 0 Å². The normalized spacial score (nSPS) is 12.2. The molecular weight excluding hydrogens is 280 g/mol. The van der Waals surface area contributed by atoms with Crippen molar-refractivity contribution in [3.8, 4) is 5.75 Å². The summed E-state index contributed by atoms with van der Waals surface area (Å²) in [4.78, 5) is 14.1.